The molecule has 1 heterocycles. The first kappa shape index (κ1) is 67.4. The fourth-order valence-electron chi connectivity index (χ4n) is 12.0. The van der Waals surface area contributed by atoms with E-state index in [0.29, 0.717) is 25.7 Å². The van der Waals surface area contributed by atoms with E-state index in [4.69, 9.17) is 9.47 Å². The molecule has 0 radical (unpaired) electrons. The Hall–Kier alpha value is -4.12. The van der Waals surface area contributed by atoms with Crippen LogP contribution in [0.2, 0.25) is 0 Å². The smallest absolute Gasteiger partial charge is 0.339 e. The van der Waals surface area contributed by atoms with Gasteiger partial charge in [0.15, 0.2) is 0 Å². The molecule has 1 saturated heterocycles. The third kappa shape index (κ3) is 15.9. The van der Waals surface area contributed by atoms with Crippen molar-refractivity contribution in [1.82, 2.24) is 0 Å². The second-order valence-corrected chi connectivity index (χ2v) is 27.3. The highest BCUT2D eigenvalue weighted by Gasteiger charge is 2.80. The highest BCUT2D eigenvalue weighted by atomic mass is 16.6. The Morgan fingerprint density at radius 1 is 0.506 bits per heavy atom. The van der Waals surface area contributed by atoms with Crippen molar-refractivity contribution >= 4 is 11.9 Å². The molecule has 2 aliphatic rings. The van der Waals surface area contributed by atoms with E-state index in [9.17, 15) is 30.3 Å². The Balaban J connectivity index is 2.36. The summed E-state index contributed by atoms with van der Waals surface area (Å²) in [5.74, 6) is -1.23. The van der Waals surface area contributed by atoms with Gasteiger partial charge in [0.2, 0.25) is 0 Å². The van der Waals surface area contributed by atoms with Crippen molar-refractivity contribution in [3.63, 3.8) is 0 Å². The Morgan fingerprint density at radius 3 is 1.23 bits per heavy atom. The second-order valence-electron chi connectivity index (χ2n) is 27.3. The first-order chi connectivity index (χ1) is 37.0. The number of rotatable bonds is 33. The average molecular weight is 1090 g/mol. The Morgan fingerprint density at radius 2 is 0.848 bits per heavy atom. The predicted octanol–water partition coefficient (Wildman–Crippen LogP) is 16.0. The number of hydrogen-bond acceptors (Lipinski definition) is 9. The van der Waals surface area contributed by atoms with Gasteiger partial charge in [-0.05, 0) is 94.6 Å². The summed E-state index contributed by atoms with van der Waals surface area (Å²) < 4.78 is 14.2. The molecule has 9 nitrogen and oxygen atoms in total. The minimum absolute atomic E-state index is 0.213. The van der Waals surface area contributed by atoms with E-state index in [1.807, 2.05) is 130 Å². The van der Waals surface area contributed by atoms with Crippen LogP contribution in [0.15, 0.2) is 115 Å². The van der Waals surface area contributed by atoms with Gasteiger partial charge in [0.25, 0.3) is 0 Å². The van der Waals surface area contributed by atoms with Crippen LogP contribution in [0.5, 0.6) is 0 Å². The van der Waals surface area contributed by atoms with Gasteiger partial charge in [0.05, 0.1) is 53.3 Å². The number of carbonyl (C=O) groups excluding carboxylic acids is 2. The molecule has 0 aromatic heterocycles. The maximum atomic E-state index is 15.7. The highest BCUT2D eigenvalue weighted by Crippen LogP contribution is 2.73. The van der Waals surface area contributed by atoms with Crippen molar-refractivity contribution in [2.45, 2.75) is 255 Å². The Bertz CT molecular complexity index is 2330. The summed E-state index contributed by atoms with van der Waals surface area (Å²) in [6, 6.07) is 17.1. The van der Waals surface area contributed by atoms with Gasteiger partial charge in [-0.25, -0.2) is 4.79 Å². The molecule has 442 valence electrons. The molecule has 2 aromatic carbocycles. The standard InChI is InChI=1S/C70H108O9/c1-16-21-40-62(6,7)55(71)35-45-67(46-36-56(72)63(8,9)41-22-17-2)68(47-37-57(73)64(10,11)42-23-18-3)50-60(76)78-70(68,49-39-59(75)66(14,15)44-25-20-5)51-69(67,48-38-58(74)65(12,13)43-24-19-4)79-61(77)54-33-31-53(32-34-54)52-29-27-26-28-30-52/h26-39,45-49,55-59,71-75H,16-25,40-44,50-51H2,1-15H3. The maximum Gasteiger partial charge on any atom is 0.339 e. The van der Waals surface area contributed by atoms with Crippen molar-refractivity contribution in [1.29, 1.82) is 0 Å². The lowest BCUT2D eigenvalue weighted by Gasteiger charge is -2.49. The number of benzene rings is 2. The molecule has 0 spiro atoms. The third-order valence-electron chi connectivity index (χ3n) is 18.6. The largest absolute Gasteiger partial charge is 0.454 e. The zero-order valence-corrected chi connectivity index (χ0v) is 51.7. The fourth-order valence-corrected chi connectivity index (χ4v) is 12.0. The summed E-state index contributed by atoms with van der Waals surface area (Å²) in [5, 5.41) is 62.4. The summed E-state index contributed by atoms with van der Waals surface area (Å²) >= 11 is 0. The van der Waals surface area contributed by atoms with Crippen molar-refractivity contribution in [3.8, 4) is 11.1 Å². The van der Waals surface area contributed by atoms with Crippen molar-refractivity contribution in [2.75, 3.05) is 0 Å². The second kappa shape index (κ2) is 28.2. The monoisotopic (exact) mass is 1090 g/mol. The molecule has 79 heavy (non-hydrogen) atoms. The highest BCUT2D eigenvalue weighted by molar-refractivity contribution is 5.91. The first-order valence-corrected chi connectivity index (χ1v) is 30.4. The predicted molar refractivity (Wildman–Crippen MR) is 325 cm³/mol. The van der Waals surface area contributed by atoms with Crippen LogP contribution < -0.4 is 0 Å². The van der Waals surface area contributed by atoms with E-state index >= 15 is 4.79 Å². The van der Waals surface area contributed by atoms with E-state index in [-0.39, 0.29) is 18.4 Å². The zero-order chi connectivity index (χ0) is 59.1. The zero-order valence-electron chi connectivity index (χ0n) is 51.7. The molecule has 1 aliphatic carbocycles. The molecule has 0 amide bonds. The summed E-state index contributed by atoms with van der Waals surface area (Å²) in [5.41, 5.74) is -7.95. The van der Waals surface area contributed by atoms with Gasteiger partial charge in [-0.15, -0.1) is 0 Å². The van der Waals surface area contributed by atoms with Gasteiger partial charge in [0, 0.05) is 6.42 Å². The van der Waals surface area contributed by atoms with Gasteiger partial charge in [-0.3, -0.25) is 4.79 Å². The topological polar surface area (TPSA) is 154 Å². The molecule has 8 unspecified atom stereocenters. The number of ether oxygens (including phenoxy) is 2. The van der Waals surface area contributed by atoms with Crippen LogP contribution in [0.4, 0.5) is 0 Å². The summed E-state index contributed by atoms with van der Waals surface area (Å²) in [6.45, 7) is 30.8. The van der Waals surface area contributed by atoms with E-state index < -0.39 is 91.6 Å². The summed E-state index contributed by atoms with van der Waals surface area (Å²) in [6.07, 6.45) is 24.7. The lowest BCUT2D eigenvalue weighted by molar-refractivity contribution is -0.147. The van der Waals surface area contributed by atoms with Crippen LogP contribution in [0, 0.1) is 37.9 Å². The molecule has 1 aliphatic heterocycles. The Labute approximate surface area is 479 Å². The summed E-state index contributed by atoms with van der Waals surface area (Å²) in [4.78, 5) is 30.6. The summed E-state index contributed by atoms with van der Waals surface area (Å²) in [7, 11) is 0. The SMILES string of the molecule is CCCCC(C)(C)C(O)C=CC1(OC(=O)c2ccc(-c3ccccc3)cc2)CC2(C=CC(O)C(C)(C)CCCC)OC(=O)CC2(C=CC(O)C(C)(C)CCCC)C1(C=CC(O)C(C)(C)CCCC)C=CC(O)C(C)(C)CCCC. The van der Waals surface area contributed by atoms with Gasteiger partial charge in [-0.1, -0.05) is 259 Å². The normalized spacial score (nSPS) is 24.5. The van der Waals surface area contributed by atoms with Crippen LogP contribution in [-0.4, -0.2) is 79.2 Å². The van der Waals surface area contributed by atoms with Crippen LogP contribution in [0.1, 0.15) is 223 Å². The fraction of sp³-hybridized carbons (Fsp3) is 0.657. The lowest BCUT2D eigenvalue weighted by atomic mass is 9.55. The van der Waals surface area contributed by atoms with Gasteiger partial charge in [0.1, 0.15) is 11.2 Å². The average Bonchev–Trinajstić information content (AvgIpc) is 3.22. The number of carbonyl (C=O) groups is 2. The van der Waals surface area contributed by atoms with E-state index in [0.717, 1.165) is 81.8 Å². The molecule has 9 heteroatoms. The molecular weight excluding hydrogens is 985 g/mol. The molecule has 1 saturated carbocycles. The number of unbranched alkanes of at least 4 members (excludes halogenated alkanes) is 5. The van der Waals surface area contributed by atoms with Crippen LogP contribution in [0.3, 0.4) is 0 Å². The van der Waals surface area contributed by atoms with Crippen LogP contribution >= 0.6 is 0 Å². The molecule has 0 bridgehead atoms. The molecule has 2 fully saturated rings. The van der Waals surface area contributed by atoms with E-state index in [2.05, 4.69) is 34.6 Å². The lowest BCUT2D eigenvalue weighted by Crippen LogP contribution is -2.53. The van der Waals surface area contributed by atoms with Crippen molar-refractivity contribution < 1.29 is 44.6 Å². The molecule has 4 rings (SSSR count). The van der Waals surface area contributed by atoms with Gasteiger partial charge < -0.3 is 35.0 Å². The van der Waals surface area contributed by atoms with Crippen LogP contribution in [-0.2, 0) is 14.3 Å². The molecule has 2 aromatic rings. The quantitative estimate of drug-likeness (QED) is 0.0347. The molecular formula is C70H108O9. The number of aliphatic hydroxyl groups excluding tert-OH is 5. The Kier molecular flexibility index (Phi) is 24.1. The molecule has 5 N–H and O–H groups in total. The van der Waals surface area contributed by atoms with Gasteiger partial charge >= 0.3 is 11.9 Å². The van der Waals surface area contributed by atoms with E-state index in [1.165, 1.54) is 0 Å². The number of hydrogen-bond donors (Lipinski definition) is 5. The minimum Gasteiger partial charge on any atom is -0.454 e. The number of esters is 2. The molecule has 8 atom stereocenters. The van der Waals surface area contributed by atoms with Crippen molar-refractivity contribution in [2.24, 2.45) is 37.9 Å². The van der Waals surface area contributed by atoms with Gasteiger partial charge in [-0.2, -0.15) is 0 Å². The van der Waals surface area contributed by atoms with Crippen molar-refractivity contribution in [3.05, 3.63) is 121 Å². The number of aliphatic hydroxyl groups is 5. The maximum absolute atomic E-state index is 15.7. The third-order valence-corrected chi connectivity index (χ3v) is 18.6. The first-order valence-electron chi connectivity index (χ1n) is 30.4. The number of fused-ring (bicyclic) bond motifs is 1. The van der Waals surface area contributed by atoms with E-state index in [1.54, 1.807) is 54.7 Å². The minimum atomic E-state index is -1.89. The van der Waals surface area contributed by atoms with Crippen LogP contribution in [0.25, 0.3) is 11.1 Å².